The molecule has 0 aliphatic carbocycles. The van der Waals surface area contributed by atoms with Crippen molar-refractivity contribution in [1.82, 2.24) is 0 Å². The number of hydrogen-bond acceptors (Lipinski definition) is 0. The van der Waals surface area contributed by atoms with Gasteiger partial charge in [0.25, 0.3) is 0 Å². The van der Waals surface area contributed by atoms with Crippen molar-refractivity contribution in [2.75, 3.05) is 0 Å². The average Bonchev–Trinajstić information content (AvgIpc) is 2.23. The van der Waals surface area contributed by atoms with E-state index in [-0.39, 0.29) is 0 Å². The van der Waals surface area contributed by atoms with Gasteiger partial charge in [-0.05, 0) is 11.3 Å². The van der Waals surface area contributed by atoms with E-state index in [1.165, 1.54) is 10.4 Å². The lowest BCUT2D eigenvalue weighted by atomic mass is 10.3. The Hall–Kier alpha value is -0.273. The van der Waals surface area contributed by atoms with Crippen molar-refractivity contribution >= 4 is 21.1 Å². The third-order valence-corrected chi connectivity index (χ3v) is 3.02. The standard InChI is InChI=1S/C6H3ClSi/c7-5-3-4-1-2-6(5)8-4/h1-3H. The zero-order chi connectivity index (χ0) is 5.56. The van der Waals surface area contributed by atoms with E-state index in [0.29, 0.717) is 0 Å². The Morgan fingerprint density at radius 2 is 2.25 bits per heavy atom. The molecule has 0 unspecified atom stereocenters. The topological polar surface area (TPSA) is 0 Å². The monoisotopic (exact) mass is 138 g/mol. The largest absolute Gasteiger partial charge is 0.123 e. The van der Waals surface area contributed by atoms with Gasteiger partial charge in [-0.1, -0.05) is 28.9 Å². The van der Waals surface area contributed by atoms with Gasteiger partial charge in [-0.3, -0.25) is 0 Å². The minimum Gasteiger partial charge on any atom is -0.0845 e. The molecule has 0 aromatic rings. The second kappa shape index (κ2) is 1.36. The van der Waals surface area contributed by atoms with Gasteiger partial charge in [0.15, 0.2) is 0 Å². The Bertz CT molecular complexity index is 223. The molecule has 2 bridgehead atoms. The van der Waals surface area contributed by atoms with Gasteiger partial charge in [-0.2, -0.15) is 0 Å². The van der Waals surface area contributed by atoms with Gasteiger partial charge in [0.2, 0.25) is 0 Å². The van der Waals surface area contributed by atoms with Crippen molar-refractivity contribution in [3.05, 3.63) is 33.7 Å². The van der Waals surface area contributed by atoms with Crippen LogP contribution in [-0.2, 0) is 0 Å². The van der Waals surface area contributed by atoms with E-state index < -0.39 is 0 Å². The third-order valence-electron chi connectivity index (χ3n) is 1.25. The van der Waals surface area contributed by atoms with Crippen molar-refractivity contribution < 1.29 is 0 Å². The molecule has 2 rings (SSSR count). The maximum absolute atomic E-state index is 5.77. The van der Waals surface area contributed by atoms with Crippen LogP contribution in [0.5, 0.6) is 0 Å². The summed E-state index contributed by atoms with van der Waals surface area (Å²) in [5.74, 6) is 0. The Morgan fingerprint density at radius 1 is 1.38 bits per heavy atom. The average molecular weight is 139 g/mol. The number of rotatable bonds is 0. The number of hydrogen-bond donors (Lipinski definition) is 0. The summed E-state index contributed by atoms with van der Waals surface area (Å²) in [7, 11) is 0.845. The Labute approximate surface area is 55.4 Å². The van der Waals surface area contributed by atoms with Crippen molar-refractivity contribution in [2.45, 2.75) is 0 Å². The highest BCUT2D eigenvalue weighted by atomic mass is 35.5. The smallest absolute Gasteiger partial charge is 0.0845 e. The quantitative estimate of drug-likeness (QED) is 0.447. The summed E-state index contributed by atoms with van der Waals surface area (Å²) >= 11 is 5.77. The molecule has 0 spiro atoms. The van der Waals surface area contributed by atoms with Gasteiger partial charge in [0, 0.05) is 5.03 Å². The molecular weight excluding hydrogens is 136 g/mol. The molecule has 0 saturated heterocycles. The van der Waals surface area contributed by atoms with Crippen LogP contribution < -0.4 is 0 Å². The first kappa shape index (κ1) is 4.59. The van der Waals surface area contributed by atoms with Crippen LogP contribution in [0.4, 0.5) is 0 Å². The maximum atomic E-state index is 5.77. The number of allylic oxidation sites excluding steroid dienone is 6. The van der Waals surface area contributed by atoms with E-state index in [0.717, 1.165) is 14.6 Å². The van der Waals surface area contributed by atoms with E-state index in [4.69, 9.17) is 11.6 Å². The van der Waals surface area contributed by atoms with E-state index in [2.05, 4.69) is 12.2 Å². The summed E-state index contributed by atoms with van der Waals surface area (Å²) in [6, 6.07) is 0. The summed E-state index contributed by atoms with van der Waals surface area (Å²) in [5.41, 5.74) is 0. The first-order chi connectivity index (χ1) is 3.86. The third kappa shape index (κ3) is 0.457. The molecule has 0 amide bonds. The molecule has 2 heterocycles. The summed E-state index contributed by atoms with van der Waals surface area (Å²) < 4.78 is 0. The molecule has 8 heavy (non-hydrogen) atoms. The van der Waals surface area contributed by atoms with Crippen LogP contribution >= 0.6 is 11.6 Å². The van der Waals surface area contributed by atoms with Gasteiger partial charge >= 0.3 is 0 Å². The summed E-state index contributed by atoms with van der Waals surface area (Å²) in [6.45, 7) is 0. The molecule has 2 aliphatic rings. The van der Waals surface area contributed by atoms with E-state index in [1.54, 1.807) is 0 Å². The highest BCUT2D eigenvalue weighted by Crippen LogP contribution is 2.28. The summed E-state index contributed by atoms with van der Waals surface area (Å²) in [4.78, 5) is 0. The lowest BCUT2D eigenvalue weighted by Gasteiger charge is -1.87. The van der Waals surface area contributed by atoms with E-state index >= 15 is 0 Å². The SMILES string of the molecule is ClC1=C2C=CC(=C1)[Si]2. The zero-order valence-corrected chi connectivity index (χ0v) is 5.87. The molecule has 38 valence electrons. The predicted molar refractivity (Wildman–Crippen MR) is 35.9 cm³/mol. The van der Waals surface area contributed by atoms with Crippen molar-refractivity contribution in [1.29, 1.82) is 0 Å². The van der Waals surface area contributed by atoms with Gasteiger partial charge in [0.05, 0.1) is 0 Å². The fraction of sp³-hybridized carbons (Fsp3) is 0. The minimum atomic E-state index is 0.845. The molecule has 0 nitrogen and oxygen atoms in total. The van der Waals surface area contributed by atoms with Crippen molar-refractivity contribution in [3.8, 4) is 0 Å². The number of fused-ring (bicyclic) bond motifs is 2. The highest BCUT2D eigenvalue weighted by Gasteiger charge is 2.16. The van der Waals surface area contributed by atoms with Crippen LogP contribution in [0.2, 0.25) is 0 Å². The normalized spacial score (nSPS) is 22.9. The molecule has 0 atom stereocenters. The Kier molecular flexibility index (Phi) is 0.782. The molecule has 0 saturated carbocycles. The van der Waals surface area contributed by atoms with Crippen molar-refractivity contribution in [3.63, 3.8) is 0 Å². The first-order valence-corrected chi connectivity index (χ1v) is 3.80. The highest BCUT2D eigenvalue weighted by molar-refractivity contribution is 6.62. The van der Waals surface area contributed by atoms with Crippen LogP contribution in [0.15, 0.2) is 33.7 Å². The molecular formula is C6H3ClSi. The molecule has 0 N–H and O–H groups in total. The van der Waals surface area contributed by atoms with Crippen LogP contribution in [0.3, 0.4) is 0 Å². The van der Waals surface area contributed by atoms with E-state index in [1.807, 2.05) is 6.08 Å². The lowest BCUT2D eigenvalue weighted by Crippen LogP contribution is -1.81. The predicted octanol–water partition coefficient (Wildman–Crippen LogP) is 1.61. The van der Waals surface area contributed by atoms with Gasteiger partial charge in [0.1, 0.15) is 9.52 Å². The summed E-state index contributed by atoms with van der Waals surface area (Å²) in [5, 5.41) is 3.63. The molecule has 0 aromatic heterocycles. The summed E-state index contributed by atoms with van der Waals surface area (Å²) in [6.07, 6.45) is 6.26. The van der Waals surface area contributed by atoms with Gasteiger partial charge < -0.3 is 0 Å². The fourth-order valence-corrected chi connectivity index (χ4v) is 2.32. The molecule has 2 heteroatoms. The van der Waals surface area contributed by atoms with Gasteiger partial charge in [-0.25, -0.2) is 0 Å². The molecule has 2 radical (unpaired) electrons. The van der Waals surface area contributed by atoms with E-state index in [9.17, 15) is 0 Å². The van der Waals surface area contributed by atoms with Crippen LogP contribution in [0.25, 0.3) is 0 Å². The lowest BCUT2D eigenvalue weighted by molar-refractivity contribution is 1.76. The fourth-order valence-electron chi connectivity index (χ4n) is 0.850. The Morgan fingerprint density at radius 3 is 2.50 bits per heavy atom. The molecule has 2 aliphatic heterocycles. The first-order valence-electron chi connectivity index (χ1n) is 2.43. The maximum Gasteiger partial charge on any atom is 0.123 e. The van der Waals surface area contributed by atoms with Crippen molar-refractivity contribution in [2.24, 2.45) is 0 Å². The van der Waals surface area contributed by atoms with Crippen LogP contribution in [0, 0.1) is 0 Å². The molecule has 0 fully saturated rings. The molecule has 0 aromatic carbocycles. The minimum absolute atomic E-state index is 0.845. The second-order valence-corrected chi connectivity index (χ2v) is 3.59. The Balaban J connectivity index is 2.63. The zero-order valence-electron chi connectivity index (χ0n) is 4.11. The number of halogens is 1. The van der Waals surface area contributed by atoms with Gasteiger partial charge in [-0.15, -0.1) is 0 Å². The van der Waals surface area contributed by atoms with Crippen LogP contribution in [-0.4, -0.2) is 9.52 Å². The van der Waals surface area contributed by atoms with Crippen LogP contribution in [0.1, 0.15) is 0 Å². The second-order valence-electron chi connectivity index (χ2n) is 1.82.